The van der Waals surface area contributed by atoms with Crippen LogP contribution in [-0.4, -0.2) is 65.8 Å². The smallest absolute Gasteiger partial charge is 0.142 e. The highest BCUT2D eigenvalue weighted by Crippen LogP contribution is 2.35. The summed E-state index contributed by atoms with van der Waals surface area (Å²) in [4.78, 5) is 14.2. The maximum absolute atomic E-state index is 11.9. The molecule has 0 aliphatic carbocycles. The molecule has 0 bridgehead atoms. The first-order valence-corrected chi connectivity index (χ1v) is 14.1. The van der Waals surface area contributed by atoms with E-state index in [-0.39, 0.29) is 12.0 Å². The predicted molar refractivity (Wildman–Crippen MR) is 159 cm³/mol. The Bertz CT molecular complexity index is 1390. The summed E-state index contributed by atoms with van der Waals surface area (Å²) >= 11 is 0. The molecule has 0 amide bonds. The number of nitroso groups, excluding NO2 is 1. The topological polar surface area (TPSA) is 115 Å². The van der Waals surface area contributed by atoms with E-state index in [1.807, 2.05) is 36.4 Å². The second-order valence-corrected chi connectivity index (χ2v) is 10.3. The van der Waals surface area contributed by atoms with Crippen LogP contribution in [0.1, 0.15) is 29.0 Å². The first-order chi connectivity index (χ1) is 20.6. The molecule has 2 heterocycles. The predicted octanol–water partition coefficient (Wildman–Crippen LogP) is 5.00. The lowest BCUT2D eigenvalue weighted by atomic mass is 9.84. The standard InChI is InChI=1S/C32H36N4O6/c1-38-14-3-12-36-13-15-40-30-10-4-22(16-28(30)36)21-41-31-20-34-19-27(35-37)32(31)23-5-7-25(8-6-23)42-26-9-11-29(39-2)24(17-26)18-33/h4-11,16-17,27,31-32,34H,3,12-15,19-21H2,1-2H3/t27-,31+,32+/m1/s1. The Morgan fingerprint density at radius 3 is 2.67 bits per heavy atom. The summed E-state index contributed by atoms with van der Waals surface area (Å²) < 4.78 is 28.7. The summed E-state index contributed by atoms with van der Waals surface area (Å²) in [6.45, 7) is 4.60. The van der Waals surface area contributed by atoms with Crippen LogP contribution in [-0.2, 0) is 16.1 Å². The van der Waals surface area contributed by atoms with Crippen molar-refractivity contribution < 1.29 is 23.7 Å². The van der Waals surface area contributed by atoms with Gasteiger partial charge in [-0.05, 0) is 53.9 Å². The minimum atomic E-state index is -0.469. The minimum Gasteiger partial charge on any atom is -0.495 e. The number of fused-ring (bicyclic) bond motifs is 1. The molecule has 2 aliphatic rings. The van der Waals surface area contributed by atoms with Crippen LogP contribution in [0.2, 0.25) is 0 Å². The third kappa shape index (κ3) is 6.82. The molecule has 0 radical (unpaired) electrons. The van der Waals surface area contributed by atoms with Crippen LogP contribution in [0.25, 0.3) is 0 Å². The fraction of sp³-hybridized carbons (Fsp3) is 0.406. The molecule has 220 valence electrons. The molecular formula is C32H36N4O6. The van der Waals surface area contributed by atoms with Crippen LogP contribution in [0.3, 0.4) is 0 Å². The van der Waals surface area contributed by atoms with Crippen LogP contribution in [0, 0.1) is 16.2 Å². The Morgan fingerprint density at radius 1 is 1.07 bits per heavy atom. The molecule has 2 aliphatic heterocycles. The summed E-state index contributed by atoms with van der Waals surface area (Å²) in [5, 5.41) is 16.1. The summed E-state index contributed by atoms with van der Waals surface area (Å²) in [5.41, 5.74) is 3.45. The molecule has 10 nitrogen and oxygen atoms in total. The van der Waals surface area contributed by atoms with Crippen molar-refractivity contribution in [3.63, 3.8) is 0 Å². The van der Waals surface area contributed by atoms with Gasteiger partial charge in [0.15, 0.2) is 0 Å². The number of ether oxygens (including phenoxy) is 5. The maximum atomic E-state index is 11.9. The Hall–Kier alpha value is -4.17. The minimum absolute atomic E-state index is 0.213. The van der Waals surface area contributed by atoms with E-state index in [4.69, 9.17) is 23.7 Å². The maximum Gasteiger partial charge on any atom is 0.142 e. The van der Waals surface area contributed by atoms with Gasteiger partial charge in [0.2, 0.25) is 0 Å². The van der Waals surface area contributed by atoms with Gasteiger partial charge in [0.25, 0.3) is 0 Å². The number of methoxy groups -OCH3 is 2. The largest absolute Gasteiger partial charge is 0.495 e. The fourth-order valence-corrected chi connectivity index (χ4v) is 5.55. The quantitative estimate of drug-likeness (QED) is 0.236. The van der Waals surface area contributed by atoms with Crippen LogP contribution in [0.5, 0.6) is 23.0 Å². The number of piperidine rings is 1. The van der Waals surface area contributed by atoms with Crippen molar-refractivity contribution in [2.75, 3.05) is 58.5 Å². The van der Waals surface area contributed by atoms with Crippen molar-refractivity contribution in [1.82, 2.24) is 5.32 Å². The Labute approximate surface area is 246 Å². The molecule has 42 heavy (non-hydrogen) atoms. The van der Waals surface area contributed by atoms with E-state index in [1.165, 1.54) is 7.11 Å². The molecule has 3 atom stereocenters. The van der Waals surface area contributed by atoms with E-state index < -0.39 is 6.04 Å². The molecule has 1 fully saturated rings. The molecule has 10 heteroatoms. The Balaban J connectivity index is 1.28. The van der Waals surface area contributed by atoms with Crippen LogP contribution in [0.4, 0.5) is 5.69 Å². The highest BCUT2D eigenvalue weighted by atomic mass is 16.5. The third-order valence-electron chi connectivity index (χ3n) is 7.66. The lowest BCUT2D eigenvalue weighted by molar-refractivity contribution is 0.00539. The fourth-order valence-electron chi connectivity index (χ4n) is 5.55. The number of hydrogen-bond acceptors (Lipinski definition) is 10. The average molecular weight is 573 g/mol. The summed E-state index contributed by atoms with van der Waals surface area (Å²) in [6, 6.07) is 20.5. The van der Waals surface area contributed by atoms with Crippen molar-refractivity contribution in [3.8, 4) is 29.1 Å². The summed E-state index contributed by atoms with van der Waals surface area (Å²) in [7, 11) is 3.24. The van der Waals surface area contributed by atoms with E-state index in [9.17, 15) is 10.2 Å². The zero-order chi connectivity index (χ0) is 29.3. The third-order valence-corrected chi connectivity index (χ3v) is 7.66. The molecule has 0 aromatic heterocycles. The van der Waals surface area contributed by atoms with Crippen LogP contribution >= 0.6 is 0 Å². The first-order valence-electron chi connectivity index (χ1n) is 14.1. The molecule has 0 spiro atoms. The molecule has 1 saturated heterocycles. The van der Waals surface area contributed by atoms with Crippen LogP contribution < -0.4 is 24.4 Å². The highest BCUT2D eigenvalue weighted by Gasteiger charge is 2.36. The molecule has 0 saturated carbocycles. The zero-order valence-corrected chi connectivity index (χ0v) is 24.0. The molecule has 5 rings (SSSR count). The van der Waals surface area contributed by atoms with Gasteiger partial charge in [0, 0.05) is 45.3 Å². The SMILES string of the molecule is COCCCN1CCOc2ccc(CO[C@H]3CNC[C@@H](N=O)[C@@H]3c3ccc(Oc4ccc(OC)c(C#N)c4)cc3)cc21. The second-order valence-electron chi connectivity index (χ2n) is 10.3. The number of nitrogens with one attached hydrogen (secondary N) is 1. The van der Waals surface area contributed by atoms with E-state index in [1.54, 1.807) is 25.3 Å². The van der Waals surface area contributed by atoms with Gasteiger partial charge in [-0.3, -0.25) is 0 Å². The normalized spacial score (nSPS) is 19.7. The Kier molecular flexibility index (Phi) is 9.87. The molecular weight excluding hydrogens is 536 g/mol. The number of nitriles is 1. The van der Waals surface area contributed by atoms with Gasteiger partial charge < -0.3 is 33.9 Å². The van der Waals surface area contributed by atoms with E-state index >= 15 is 0 Å². The number of nitrogens with zero attached hydrogens (tertiary/aromatic N) is 3. The van der Waals surface area contributed by atoms with E-state index in [0.29, 0.717) is 55.7 Å². The zero-order valence-electron chi connectivity index (χ0n) is 24.0. The number of anilines is 1. The number of hydrogen-bond donors (Lipinski definition) is 1. The van der Waals surface area contributed by atoms with Gasteiger partial charge in [-0.1, -0.05) is 23.4 Å². The van der Waals surface area contributed by atoms with Crippen molar-refractivity contribution in [1.29, 1.82) is 5.26 Å². The van der Waals surface area contributed by atoms with Gasteiger partial charge in [0.05, 0.1) is 37.6 Å². The van der Waals surface area contributed by atoms with Gasteiger partial charge in [-0.2, -0.15) is 10.2 Å². The molecule has 0 unspecified atom stereocenters. The molecule has 1 N–H and O–H groups in total. The molecule has 3 aromatic rings. The second kappa shape index (κ2) is 14.1. The van der Waals surface area contributed by atoms with Crippen molar-refractivity contribution in [2.24, 2.45) is 5.18 Å². The van der Waals surface area contributed by atoms with Gasteiger partial charge >= 0.3 is 0 Å². The number of benzene rings is 3. The lowest BCUT2D eigenvalue weighted by Crippen LogP contribution is -2.48. The van der Waals surface area contributed by atoms with Crippen molar-refractivity contribution >= 4 is 5.69 Å². The average Bonchev–Trinajstić information content (AvgIpc) is 3.04. The highest BCUT2D eigenvalue weighted by molar-refractivity contribution is 5.61. The van der Waals surface area contributed by atoms with Gasteiger partial charge in [-0.15, -0.1) is 0 Å². The summed E-state index contributed by atoms with van der Waals surface area (Å²) in [6.07, 6.45) is 0.690. The van der Waals surface area contributed by atoms with Crippen molar-refractivity contribution in [2.45, 2.75) is 31.1 Å². The van der Waals surface area contributed by atoms with E-state index in [0.717, 1.165) is 42.1 Å². The first kappa shape index (κ1) is 29.3. The van der Waals surface area contributed by atoms with Crippen molar-refractivity contribution in [3.05, 3.63) is 82.3 Å². The van der Waals surface area contributed by atoms with Gasteiger partial charge in [-0.25, -0.2) is 0 Å². The monoisotopic (exact) mass is 572 g/mol. The lowest BCUT2D eigenvalue weighted by Gasteiger charge is -2.36. The number of rotatable bonds is 12. The molecule has 3 aromatic carbocycles. The Morgan fingerprint density at radius 2 is 1.90 bits per heavy atom. The summed E-state index contributed by atoms with van der Waals surface area (Å²) in [5.74, 6) is 2.30. The van der Waals surface area contributed by atoms with Gasteiger partial charge in [0.1, 0.15) is 41.7 Å². The van der Waals surface area contributed by atoms with Crippen LogP contribution in [0.15, 0.2) is 65.8 Å². The van der Waals surface area contributed by atoms with E-state index in [2.05, 4.69) is 27.5 Å².